The predicted octanol–water partition coefficient (Wildman–Crippen LogP) is 2.14. The van der Waals surface area contributed by atoms with Crippen LogP contribution in [-0.4, -0.2) is 36.3 Å². The number of aromatic nitrogens is 1. The second-order valence-corrected chi connectivity index (χ2v) is 3.68. The zero-order valence-electron chi connectivity index (χ0n) is 10.1. The first-order valence-corrected chi connectivity index (χ1v) is 5.52. The molecule has 0 aromatic carbocycles. The van der Waals surface area contributed by atoms with Crippen LogP contribution in [0.4, 0.5) is 23.4 Å². The Labute approximate surface area is 107 Å². The van der Waals surface area contributed by atoms with Crippen molar-refractivity contribution in [1.82, 2.24) is 10.3 Å². The summed E-state index contributed by atoms with van der Waals surface area (Å²) >= 11 is 0. The number of hydrogen-bond donors (Lipinski definition) is 2. The van der Waals surface area contributed by atoms with E-state index in [2.05, 4.69) is 10.3 Å². The van der Waals surface area contributed by atoms with Crippen LogP contribution in [0.1, 0.15) is 17.4 Å². The Balaban J connectivity index is 2.66. The normalized spacial score (nSPS) is 11.5. The first kappa shape index (κ1) is 15.2. The van der Waals surface area contributed by atoms with Gasteiger partial charge in [0.25, 0.3) is 5.91 Å². The summed E-state index contributed by atoms with van der Waals surface area (Å²) in [6, 6.07) is 4.40. The third-order valence-electron chi connectivity index (χ3n) is 2.14. The summed E-state index contributed by atoms with van der Waals surface area (Å²) in [5.41, 5.74) is -0.122. The molecule has 1 heterocycles. The minimum Gasteiger partial charge on any atom is -0.370 e. The summed E-state index contributed by atoms with van der Waals surface area (Å²) in [5, 5.41) is 4.56. The lowest BCUT2D eigenvalue weighted by Crippen LogP contribution is -2.41. The van der Waals surface area contributed by atoms with Crippen molar-refractivity contribution in [2.45, 2.75) is 19.3 Å². The van der Waals surface area contributed by atoms with Gasteiger partial charge in [-0.3, -0.25) is 4.79 Å². The van der Waals surface area contributed by atoms with Crippen molar-refractivity contribution in [3.63, 3.8) is 0 Å². The van der Waals surface area contributed by atoms with Gasteiger partial charge in [-0.2, -0.15) is 8.78 Å². The first-order chi connectivity index (χ1) is 8.86. The number of nitrogens with one attached hydrogen (secondary N) is 2. The highest BCUT2D eigenvalue weighted by Gasteiger charge is 2.40. The topological polar surface area (TPSA) is 54.0 Å². The molecule has 1 rings (SSSR count). The maximum Gasteiger partial charge on any atom is 0.324 e. The minimum absolute atomic E-state index is 0.122. The number of anilines is 1. The molecule has 19 heavy (non-hydrogen) atoms. The van der Waals surface area contributed by atoms with E-state index in [0.717, 1.165) is 0 Å². The third kappa shape index (κ3) is 4.38. The van der Waals surface area contributed by atoms with Crippen LogP contribution in [0, 0.1) is 0 Å². The number of nitrogens with zero attached hydrogens (tertiary/aromatic N) is 1. The number of pyridine rings is 1. The first-order valence-electron chi connectivity index (χ1n) is 5.52. The summed E-state index contributed by atoms with van der Waals surface area (Å²) in [4.78, 5) is 15.3. The van der Waals surface area contributed by atoms with Crippen LogP contribution in [0.3, 0.4) is 0 Å². The van der Waals surface area contributed by atoms with E-state index in [4.69, 9.17) is 0 Å². The fourth-order valence-corrected chi connectivity index (χ4v) is 1.21. The molecule has 0 unspecified atom stereocenters. The molecule has 0 aliphatic heterocycles. The molecule has 8 heteroatoms. The zero-order chi connectivity index (χ0) is 14.5. The van der Waals surface area contributed by atoms with Crippen LogP contribution in [0.15, 0.2) is 18.2 Å². The Morgan fingerprint density at radius 1 is 1.42 bits per heavy atom. The van der Waals surface area contributed by atoms with E-state index < -0.39 is 24.8 Å². The molecule has 106 valence electrons. The molecule has 4 nitrogen and oxygen atoms in total. The predicted molar refractivity (Wildman–Crippen MR) is 61.7 cm³/mol. The lowest BCUT2D eigenvalue weighted by molar-refractivity contribution is -0.123. The average molecular weight is 279 g/mol. The van der Waals surface area contributed by atoms with Crippen molar-refractivity contribution in [2.24, 2.45) is 0 Å². The van der Waals surface area contributed by atoms with Gasteiger partial charge in [-0.25, -0.2) is 13.8 Å². The van der Waals surface area contributed by atoms with Crippen molar-refractivity contribution < 1.29 is 22.4 Å². The Bertz CT molecular complexity index is 440. The van der Waals surface area contributed by atoms with E-state index in [-0.39, 0.29) is 5.69 Å². The molecule has 0 aliphatic rings. The lowest BCUT2D eigenvalue weighted by Gasteiger charge is -2.15. The maximum absolute atomic E-state index is 12.6. The maximum atomic E-state index is 12.6. The summed E-state index contributed by atoms with van der Waals surface area (Å²) in [5.74, 6) is -4.79. The van der Waals surface area contributed by atoms with Crippen molar-refractivity contribution in [3.05, 3.63) is 23.9 Å². The second-order valence-electron chi connectivity index (χ2n) is 3.68. The summed E-state index contributed by atoms with van der Waals surface area (Å²) in [6.07, 6.45) is -3.83. The van der Waals surface area contributed by atoms with Crippen LogP contribution in [0.5, 0.6) is 0 Å². The number of halogens is 4. The van der Waals surface area contributed by atoms with Crippen LogP contribution in [0.25, 0.3) is 0 Å². The molecule has 0 atom stereocenters. The Kier molecular flexibility index (Phi) is 5.08. The molecule has 0 bridgehead atoms. The van der Waals surface area contributed by atoms with Crippen LogP contribution >= 0.6 is 0 Å². The summed E-state index contributed by atoms with van der Waals surface area (Å²) < 4.78 is 49.1. The Morgan fingerprint density at radius 2 is 2.11 bits per heavy atom. The summed E-state index contributed by atoms with van der Waals surface area (Å²) in [6.45, 7) is 0.954. The van der Waals surface area contributed by atoms with Crippen molar-refractivity contribution >= 4 is 11.7 Å². The molecule has 2 N–H and O–H groups in total. The molecule has 1 amide bonds. The zero-order valence-corrected chi connectivity index (χ0v) is 10.1. The Morgan fingerprint density at radius 3 is 2.68 bits per heavy atom. The van der Waals surface area contributed by atoms with Gasteiger partial charge in [0.2, 0.25) is 0 Å². The molecule has 1 aromatic rings. The van der Waals surface area contributed by atoms with E-state index in [9.17, 15) is 22.4 Å². The molecule has 0 spiro atoms. The van der Waals surface area contributed by atoms with Gasteiger partial charge in [-0.1, -0.05) is 6.07 Å². The number of carbonyl (C=O) groups excluding carboxylic acids is 1. The molecule has 0 saturated heterocycles. The van der Waals surface area contributed by atoms with E-state index in [0.29, 0.717) is 12.4 Å². The highest BCUT2D eigenvalue weighted by Crippen LogP contribution is 2.21. The number of alkyl halides is 4. The number of hydrogen-bond acceptors (Lipinski definition) is 3. The fraction of sp³-hybridized carbons (Fsp3) is 0.455. The molecule has 1 aromatic heterocycles. The summed E-state index contributed by atoms with van der Waals surface area (Å²) in [7, 11) is 0. The van der Waals surface area contributed by atoms with Crippen molar-refractivity contribution in [2.75, 3.05) is 18.4 Å². The van der Waals surface area contributed by atoms with Gasteiger partial charge >= 0.3 is 12.3 Å². The van der Waals surface area contributed by atoms with Crippen molar-refractivity contribution in [3.8, 4) is 0 Å². The highest BCUT2D eigenvalue weighted by molar-refractivity contribution is 5.92. The molecule has 0 fully saturated rings. The van der Waals surface area contributed by atoms with Crippen LogP contribution in [-0.2, 0) is 0 Å². The standard InChI is InChI=1S/C11H13F4N3O/c1-2-16-8-5-3-4-7(18-8)9(19)17-6-11(14,15)10(12)13/h3-5,10H,2,6H2,1H3,(H,16,18)(H,17,19). The van der Waals surface area contributed by atoms with Gasteiger partial charge < -0.3 is 10.6 Å². The van der Waals surface area contributed by atoms with Gasteiger partial charge in [0.15, 0.2) is 0 Å². The third-order valence-corrected chi connectivity index (χ3v) is 2.14. The molecular weight excluding hydrogens is 266 g/mol. The van der Waals surface area contributed by atoms with E-state index >= 15 is 0 Å². The lowest BCUT2D eigenvalue weighted by atomic mass is 10.3. The quantitative estimate of drug-likeness (QED) is 0.784. The van der Waals surface area contributed by atoms with E-state index in [1.54, 1.807) is 11.4 Å². The van der Waals surface area contributed by atoms with Crippen LogP contribution < -0.4 is 10.6 Å². The second kappa shape index (κ2) is 6.35. The molecule has 0 saturated carbocycles. The van der Waals surface area contributed by atoms with Gasteiger partial charge in [0, 0.05) is 6.54 Å². The van der Waals surface area contributed by atoms with Gasteiger partial charge in [-0.05, 0) is 19.1 Å². The van der Waals surface area contributed by atoms with Gasteiger partial charge in [-0.15, -0.1) is 0 Å². The monoisotopic (exact) mass is 279 g/mol. The Hall–Kier alpha value is -1.86. The van der Waals surface area contributed by atoms with Gasteiger partial charge in [0.05, 0.1) is 6.54 Å². The van der Waals surface area contributed by atoms with Gasteiger partial charge in [0.1, 0.15) is 11.5 Å². The SMILES string of the molecule is CCNc1cccc(C(=O)NCC(F)(F)C(F)F)n1. The highest BCUT2D eigenvalue weighted by atomic mass is 19.3. The smallest absolute Gasteiger partial charge is 0.324 e. The number of amides is 1. The average Bonchev–Trinajstić information content (AvgIpc) is 2.36. The van der Waals surface area contributed by atoms with Crippen LogP contribution in [0.2, 0.25) is 0 Å². The van der Waals surface area contributed by atoms with E-state index in [1.165, 1.54) is 12.1 Å². The minimum atomic E-state index is -4.26. The number of rotatable bonds is 6. The molecule has 0 aliphatic carbocycles. The fourth-order valence-electron chi connectivity index (χ4n) is 1.21. The molecular formula is C11H13F4N3O. The largest absolute Gasteiger partial charge is 0.370 e. The number of carbonyl (C=O) groups is 1. The van der Waals surface area contributed by atoms with Crippen molar-refractivity contribution in [1.29, 1.82) is 0 Å². The molecule has 0 radical (unpaired) electrons. The van der Waals surface area contributed by atoms with E-state index in [1.807, 2.05) is 6.92 Å².